The molecule has 0 fully saturated rings. The average Bonchev–Trinajstić information content (AvgIpc) is 2.90. The third-order valence-electron chi connectivity index (χ3n) is 4.66. The number of fused-ring (bicyclic) bond motifs is 1. The summed E-state index contributed by atoms with van der Waals surface area (Å²) in [6.45, 7) is 3.71. The van der Waals surface area contributed by atoms with Gasteiger partial charge in [0.25, 0.3) is 12.3 Å². The molecule has 2 N–H and O–H groups in total. The second-order valence-corrected chi connectivity index (χ2v) is 8.79. The fourth-order valence-electron chi connectivity index (χ4n) is 3.09. The van der Waals surface area contributed by atoms with Crippen LogP contribution in [0.25, 0.3) is 6.08 Å². The molecule has 1 aliphatic heterocycles. The van der Waals surface area contributed by atoms with Gasteiger partial charge in [-0.1, -0.05) is 26.0 Å². The minimum atomic E-state index is -3.87. The van der Waals surface area contributed by atoms with Crippen LogP contribution in [0, 0.1) is 11.7 Å². The second-order valence-electron chi connectivity index (χ2n) is 7.11. The molecule has 1 unspecified atom stereocenters. The van der Waals surface area contributed by atoms with E-state index in [-0.39, 0.29) is 27.8 Å². The molecular weight excluding hydrogens is 407 g/mol. The van der Waals surface area contributed by atoms with E-state index in [1.54, 1.807) is 12.2 Å². The van der Waals surface area contributed by atoms with Crippen LogP contribution in [-0.4, -0.2) is 24.9 Å². The molecule has 0 saturated heterocycles. The Morgan fingerprint density at radius 2 is 1.97 bits per heavy atom. The molecule has 0 radical (unpaired) electrons. The zero-order chi connectivity index (χ0) is 21.5. The zero-order valence-electron chi connectivity index (χ0n) is 15.9. The summed E-state index contributed by atoms with van der Waals surface area (Å²) in [6.07, 6.45) is 1.50. The molecule has 6 nitrogen and oxygen atoms in total. The van der Waals surface area contributed by atoms with Crippen LogP contribution in [-0.2, 0) is 17.1 Å². The number of benzene rings is 1. The summed E-state index contributed by atoms with van der Waals surface area (Å²) in [5, 5.41) is 2.43. The Hall–Kier alpha value is -2.59. The number of carbonyl (C=O) groups excluding carboxylic acids is 1. The first-order chi connectivity index (χ1) is 13.5. The van der Waals surface area contributed by atoms with Gasteiger partial charge in [-0.05, 0) is 24.1 Å². The van der Waals surface area contributed by atoms with Gasteiger partial charge in [-0.15, -0.1) is 0 Å². The predicted octanol–water partition coefficient (Wildman–Crippen LogP) is 3.68. The number of hydrogen-bond acceptors (Lipinski definition) is 3. The molecule has 1 aromatic carbocycles. The van der Waals surface area contributed by atoms with Crippen LogP contribution in [0.15, 0.2) is 35.4 Å². The summed E-state index contributed by atoms with van der Waals surface area (Å²) in [5.74, 6) is -1.79. The van der Waals surface area contributed by atoms with Gasteiger partial charge in [0.15, 0.2) is 0 Å². The van der Waals surface area contributed by atoms with Crippen molar-refractivity contribution in [3.63, 3.8) is 0 Å². The Balaban J connectivity index is 2.01. The lowest BCUT2D eigenvalue weighted by Gasteiger charge is -2.16. The summed E-state index contributed by atoms with van der Waals surface area (Å²) < 4.78 is 68.6. The van der Waals surface area contributed by atoms with Crippen LogP contribution < -0.4 is 10.0 Å². The third-order valence-corrected chi connectivity index (χ3v) is 6.14. The van der Waals surface area contributed by atoms with Crippen molar-refractivity contribution in [1.29, 1.82) is 0 Å². The molecule has 0 spiro atoms. The second kappa shape index (κ2) is 7.68. The highest BCUT2D eigenvalue weighted by molar-refractivity contribution is 7.89. The highest BCUT2D eigenvalue weighted by Gasteiger charge is 2.31. The number of nitrogens with zero attached hydrogens (tertiary/aromatic N) is 1. The number of sulfonamides is 1. The highest BCUT2D eigenvalue weighted by Crippen LogP contribution is 2.29. The van der Waals surface area contributed by atoms with Crippen LogP contribution in [0.2, 0.25) is 0 Å². The Bertz CT molecular complexity index is 1090. The topological polar surface area (TPSA) is 80.2 Å². The number of amides is 1. The van der Waals surface area contributed by atoms with Crippen LogP contribution in [0.4, 0.5) is 18.9 Å². The van der Waals surface area contributed by atoms with Gasteiger partial charge in [-0.3, -0.25) is 4.79 Å². The maximum absolute atomic E-state index is 13.5. The number of aryl methyl sites for hydroxylation is 1. The summed E-state index contributed by atoms with van der Waals surface area (Å²) in [4.78, 5) is 12.8. The maximum Gasteiger partial charge on any atom is 0.272 e. The van der Waals surface area contributed by atoms with Crippen molar-refractivity contribution in [3.8, 4) is 0 Å². The molecule has 1 amide bonds. The Morgan fingerprint density at radius 1 is 1.28 bits per heavy atom. The van der Waals surface area contributed by atoms with E-state index in [0.29, 0.717) is 0 Å². The number of rotatable bonds is 4. The van der Waals surface area contributed by atoms with E-state index in [2.05, 4.69) is 10.0 Å². The summed E-state index contributed by atoms with van der Waals surface area (Å²) in [7, 11) is -2.36. The minimum absolute atomic E-state index is 0.0111. The molecule has 2 aromatic rings. The van der Waals surface area contributed by atoms with Crippen molar-refractivity contribution in [2.45, 2.75) is 31.2 Å². The third kappa shape index (κ3) is 4.08. The van der Waals surface area contributed by atoms with Gasteiger partial charge in [-0.25, -0.2) is 26.3 Å². The molecule has 0 saturated carbocycles. The Labute approximate surface area is 166 Å². The van der Waals surface area contributed by atoms with Crippen molar-refractivity contribution in [1.82, 2.24) is 9.29 Å². The van der Waals surface area contributed by atoms with Crippen LogP contribution in [0.5, 0.6) is 0 Å². The van der Waals surface area contributed by atoms with Crippen molar-refractivity contribution in [2.75, 3.05) is 5.32 Å². The Morgan fingerprint density at radius 3 is 2.59 bits per heavy atom. The van der Waals surface area contributed by atoms with E-state index >= 15 is 0 Å². The number of nitrogens with one attached hydrogen (secondary N) is 2. The molecule has 1 atom stereocenters. The largest absolute Gasteiger partial charge is 0.345 e. The zero-order valence-corrected chi connectivity index (χ0v) is 16.7. The lowest BCUT2D eigenvalue weighted by atomic mass is 10.0. The number of hydrogen-bond donors (Lipinski definition) is 2. The van der Waals surface area contributed by atoms with E-state index in [4.69, 9.17) is 0 Å². The number of carbonyl (C=O) groups is 1. The molecule has 2 heterocycles. The van der Waals surface area contributed by atoms with Gasteiger partial charge in [-0.2, -0.15) is 0 Å². The number of alkyl halides is 2. The fraction of sp³-hybridized carbons (Fsp3) is 0.316. The van der Waals surface area contributed by atoms with Crippen molar-refractivity contribution >= 4 is 27.7 Å². The van der Waals surface area contributed by atoms with Crippen molar-refractivity contribution in [3.05, 3.63) is 53.1 Å². The fourth-order valence-corrected chi connectivity index (χ4v) is 4.68. The molecule has 3 rings (SSSR count). The molecule has 1 aromatic heterocycles. The first-order valence-corrected chi connectivity index (χ1v) is 10.3. The van der Waals surface area contributed by atoms with E-state index in [1.165, 1.54) is 17.8 Å². The van der Waals surface area contributed by atoms with Crippen LogP contribution in [0.1, 0.15) is 41.9 Å². The quantitative estimate of drug-likeness (QED) is 0.781. The predicted molar refractivity (Wildman–Crippen MR) is 103 cm³/mol. The van der Waals surface area contributed by atoms with Crippen LogP contribution >= 0.6 is 0 Å². The van der Waals surface area contributed by atoms with Gasteiger partial charge < -0.3 is 9.88 Å². The van der Waals surface area contributed by atoms with Crippen molar-refractivity contribution < 1.29 is 26.4 Å². The summed E-state index contributed by atoms with van der Waals surface area (Å²) in [6, 6.07) is 2.40. The van der Waals surface area contributed by atoms with E-state index < -0.39 is 39.8 Å². The first-order valence-electron chi connectivity index (χ1n) is 8.80. The van der Waals surface area contributed by atoms with E-state index in [0.717, 1.165) is 18.2 Å². The number of anilines is 1. The monoisotopic (exact) mass is 427 g/mol. The van der Waals surface area contributed by atoms with Gasteiger partial charge >= 0.3 is 0 Å². The number of halogens is 3. The smallest absolute Gasteiger partial charge is 0.272 e. The summed E-state index contributed by atoms with van der Waals surface area (Å²) >= 11 is 0. The number of aromatic nitrogens is 1. The average molecular weight is 427 g/mol. The molecule has 0 bridgehead atoms. The SMILES string of the molecule is CC(C)C1C=Cc2c(cn(C)c2C(=O)Nc2ccc(F)c(C(F)F)c2)S(=O)(=O)N1. The summed E-state index contributed by atoms with van der Waals surface area (Å²) in [5.41, 5.74) is -0.633. The van der Waals surface area contributed by atoms with Gasteiger partial charge in [0.05, 0.1) is 5.56 Å². The lowest BCUT2D eigenvalue weighted by Crippen LogP contribution is -2.36. The Kier molecular flexibility index (Phi) is 5.59. The van der Waals surface area contributed by atoms with Gasteiger partial charge in [0, 0.05) is 30.5 Å². The molecule has 1 aliphatic rings. The first kappa shape index (κ1) is 21.1. The molecule has 0 aliphatic carbocycles. The maximum atomic E-state index is 13.5. The molecule has 156 valence electrons. The molecule has 10 heteroatoms. The molecule has 29 heavy (non-hydrogen) atoms. The minimum Gasteiger partial charge on any atom is -0.345 e. The van der Waals surface area contributed by atoms with Gasteiger partial charge in [0.2, 0.25) is 10.0 Å². The van der Waals surface area contributed by atoms with Crippen molar-refractivity contribution in [2.24, 2.45) is 13.0 Å². The normalized spacial score (nSPS) is 18.0. The molecular formula is C19H20F3N3O3S. The van der Waals surface area contributed by atoms with E-state index in [9.17, 15) is 26.4 Å². The lowest BCUT2D eigenvalue weighted by molar-refractivity contribution is 0.101. The van der Waals surface area contributed by atoms with E-state index in [1.807, 2.05) is 13.8 Å². The highest BCUT2D eigenvalue weighted by atomic mass is 32.2. The standard InChI is InChI=1S/C19H20F3N3O3S/c1-10(2)15-7-5-12-16(29(27,28)24-15)9-25(3)17(12)19(26)23-11-4-6-14(20)13(8-11)18(21)22/h4-10,15,18,24H,1-3H3,(H,23,26). The van der Waals surface area contributed by atoms with Gasteiger partial charge in [0.1, 0.15) is 16.4 Å². The van der Waals surface area contributed by atoms with Crippen LogP contribution in [0.3, 0.4) is 0 Å².